The van der Waals surface area contributed by atoms with Gasteiger partial charge in [0.1, 0.15) is 4.99 Å². The summed E-state index contributed by atoms with van der Waals surface area (Å²) in [6.07, 6.45) is 3.19. The molecule has 0 atom stereocenters. The van der Waals surface area contributed by atoms with E-state index in [0.717, 1.165) is 55.8 Å². The Hall–Kier alpha value is -1.27. The van der Waals surface area contributed by atoms with Crippen molar-refractivity contribution >= 4 is 23.0 Å². The molecule has 1 aromatic rings. The fourth-order valence-electron chi connectivity index (χ4n) is 1.76. The average molecular weight is 296 g/mol. The molecule has 0 unspecified atom stereocenters. The molecule has 0 bridgehead atoms. The lowest BCUT2D eigenvalue weighted by Gasteiger charge is -2.13. The molecule has 0 aliphatic heterocycles. The minimum Gasteiger partial charge on any atom is -0.389 e. The van der Waals surface area contributed by atoms with Crippen LogP contribution in [-0.4, -0.2) is 34.9 Å². The Morgan fingerprint density at radius 1 is 1.25 bits per heavy atom. The van der Waals surface area contributed by atoms with Gasteiger partial charge in [0.05, 0.1) is 11.3 Å². The molecule has 1 aromatic heterocycles. The minimum atomic E-state index is 0.349. The second kappa shape index (κ2) is 8.81. The molecular weight excluding hydrogens is 272 g/mol. The van der Waals surface area contributed by atoms with Gasteiger partial charge in [-0.2, -0.15) is 5.10 Å². The molecule has 1 heterocycles. The van der Waals surface area contributed by atoms with E-state index in [9.17, 15) is 0 Å². The van der Waals surface area contributed by atoms with Crippen LogP contribution in [0.4, 0.5) is 5.82 Å². The Kier molecular flexibility index (Phi) is 7.40. The van der Waals surface area contributed by atoms with Gasteiger partial charge in [-0.3, -0.25) is 0 Å². The summed E-state index contributed by atoms with van der Waals surface area (Å²) in [5, 5.41) is 11.5. The number of anilines is 1. The molecule has 0 aliphatic carbocycles. The van der Waals surface area contributed by atoms with Gasteiger partial charge in [-0.15, -0.1) is 5.10 Å². The molecule has 0 amide bonds. The Morgan fingerprint density at radius 2 is 1.95 bits per heavy atom. The predicted octanol–water partition coefficient (Wildman–Crippen LogP) is 2.35. The third kappa shape index (κ3) is 5.02. The largest absolute Gasteiger partial charge is 0.389 e. The summed E-state index contributed by atoms with van der Waals surface area (Å²) in [6, 6.07) is 0. The van der Waals surface area contributed by atoms with Gasteiger partial charge in [-0.25, -0.2) is 0 Å². The summed E-state index contributed by atoms with van der Waals surface area (Å²) in [6.45, 7) is 8.35. The molecule has 0 fully saturated rings. The number of thiocarbonyl (C=S) groups is 1. The highest BCUT2D eigenvalue weighted by molar-refractivity contribution is 7.80. The SMILES string of the molecule is CCCCOCCCNc1nnc(C)c(C)c1C(N)=S. The van der Waals surface area contributed by atoms with Gasteiger partial charge in [0.15, 0.2) is 5.82 Å². The van der Waals surface area contributed by atoms with Gasteiger partial charge < -0.3 is 15.8 Å². The maximum absolute atomic E-state index is 5.77. The van der Waals surface area contributed by atoms with Gasteiger partial charge in [-0.1, -0.05) is 25.6 Å². The molecule has 112 valence electrons. The molecule has 0 aliphatic rings. The monoisotopic (exact) mass is 296 g/mol. The van der Waals surface area contributed by atoms with Crippen LogP contribution in [0.3, 0.4) is 0 Å². The van der Waals surface area contributed by atoms with E-state index in [0.29, 0.717) is 10.8 Å². The number of aromatic nitrogens is 2. The number of nitrogens with two attached hydrogens (primary N) is 1. The topological polar surface area (TPSA) is 73.1 Å². The predicted molar refractivity (Wildman–Crippen MR) is 86.2 cm³/mol. The summed E-state index contributed by atoms with van der Waals surface area (Å²) in [5.74, 6) is 0.661. The zero-order valence-corrected chi connectivity index (χ0v) is 13.3. The third-order valence-electron chi connectivity index (χ3n) is 3.10. The van der Waals surface area contributed by atoms with Crippen LogP contribution in [0, 0.1) is 13.8 Å². The van der Waals surface area contributed by atoms with Gasteiger partial charge >= 0.3 is 0 Å². The smallest absolute Gasteiger partial charge is 0.159 e. The van der Waals surface area contributed by atoms with E-state index < -0.39 is 0 Å². The number of hydrogen-bond acceptors (Lipinski definition) is 5. The number of unbranched alkanes of at least 4 members (excludes halogenated alkanes) is 1. The summed E-state index contributed by atoms with van der Waals surface area (Å²) in [5.41, 5.74) is 8.39. The van der Waals surface area contributed by atoms with Crippen LogP contribution >= 0.6 is 12.2 Å². The van der Waals surface area contributed by atoms with Crippen LogP contribution in [0.2, 0.25) is 0 Å². The first kappa shape index (κ1) is 16.8. The number of rotatable bonds is 9. The van der Waals surface area contributed by atoms with Gasteiger partial charge in [0.25, 0.3) is 0 Å². The lowest BCUT2D eigenvalue weighted by atomic mass is 10.1. The van der Waals surface area contributed by atoms with E-state index in [4.69, 9.17) is 22.7 Å². The van der Waals surface area contributed by atoms with E-state index in [-0.39, 0.29) is 0 Å². The first-order valence-corrected chi connectivity index (χ1v) is 7.44. The molecular formula is C14H24N4OS. The molecule has 5 nitrogen and oxygen atoms in total. The van der Waals surface area contributed by atoms with Gasteiger partial charge in [0, 0.05) is 19.8 Å². The molecule has 0 radical (unpaired) electrons. The Labute approximate surface area is 126 Å². The summed E-state index contributed by atoms with van der Waals surface area (Å²) >= 11 is 5.09. The zero-order chi connectivity index (χ0) is 15.0. The van der Waals surface area contributed by atoms with Crippen LogP contribution in [-0.2, 0) is 4.74 Å². The standard InChI is InChI=1S/C14H24N4OS/c1-4-5-8-19-9-6-7-16-14-12(13(15)20)10(2)11(3)17-18-14/h4-9H2,1-3H3,(H2,15,20)(H,16,18). The molecule has 0 saturated heterocycles. The molecule has 20 heavy (non-hydrogen) atoms. The van der Waals surface area contributed by atoms with Crippen molar-refractivity contribution in [1.82, 2.24) is 10.2 Å². The number of nitrogens with zero attached hydrogens (tertiary/aromatic N) is 2. The van der Waals surface area contributed by atoms with Crippen molar-refractivity contribution in [2.24, 2.45) is 5.73 Å². The first-order valence-electron chi connectivity index (χ1n) is 7.03. The lowest BCUT2D eigenvalue weighted by molar-refractivity contribution is 0.131. The van der Waals surface area contributed by atoms with Crippen molar-refractivity contribution in [3.8, 4) is 0 Å². The van der Waals surface area contributed by atoms with E-state index in [1.165, 1.54) is 0 Å². The molecule has 1 rings (SSSR count). The van der Waals surface area contributed by atoms with Crippen molar-refractivity contribution < 1.29 is 4.74 Å². The molecule has 3 N–H and O–H groups in total. The Balaban J connectivity index is 2.48. The van der Waals surface area contributed by atoms with Crippen LogP contribution in [0.25, 0.3) is 0 Å². The van der Waals surface area contributed by atoms with E-state index in [1.54, 1.807) is 0 Å². The number of nitrogens with one attached hydrogen (secondary N) is 1. The first-order chi connectivity index (χ1) is 9.57. The van der Waals surface area contributed by atoms with Crippen molar-refractivity contribution in [3.05, 3.63) is 16.8 Å². The van der Waals surface area contributed by atoms with Gasteiger partial charge in [-0.05, 0) is 32.3 Å². The quantitative estimate of drug-likeness (QED) is 0.538. The lowest BCUT2D eigenvalue weighted by Crippen LogP contribution is -2.19. The van der Waals surface area contributed by atoms with Crippen molar-refractivity contribution in [2.75, 3.05) is 25.1 Å². The fourth-order valence-corrected chi connectivity index (χ4v) is 2.01. The number of aryl methyl sites for hydroxylation is 1. The maximum atomic E-state index is 5.77. The van der Waals surface area contributed by atoms with Crippen molar-refractivity contribution in [3.63, 3.8) is 0 Å². The molecule has 0 spiro atoms. The van der Waals surface area contributed by atoms with Crippen molar-refractivity contribution in [1.29, 1.82) is 0 Å². The zero-order valence-electron chi connectivity index (χ0n) is 12.5. The molecule has 0 aromatic carbocycles. The molecule has 0 saturated carbocycles. The number of ether oxygens (including phenoxy) is 1. The molecule has 6 heteroatoms. The Bertz CT molecular complexity index is 451. The highest BCUT2D eigenvalue weighted by Crippen LogP contribution is 2.18. The average Bonchev–Trinajstić information content (AvgIpc) is 2.41. The summed E-state index contributed by atoms with van der Waals surface area (Å²) in [7, 11) is 0. The van der Waals surface area contributed by atoms with E-state index >= 15 is 0 Å². The Morgan fingerprint density at radius 3 is 2.60 bits per heavy atom. The van der Waals surface area contributed by atoms with Gasteiger partial charge in [0.2, 0.25) is 0 Å². The highest BCUT2D eigenvalue weighted by atomic mass is 32.1. The van der Waals surface area contributed by atoms with Crippen LogP contribution in [0.1, 0.15) is 43.0 Å². The fraction of sp³-hybridized carbons (Fsp3) is 0.643. The maximum Gasteiger partial charge on any atom is 0.159 e. The summed E-state index contributed by atoms with van der Waals surface area (Å²) in [4.78, 5) is 0.349. The second-order valence-electron chi connectivity index (χ2n) is 4.74. The van der Waals surface area contributed by atoms with Crippen LogP contribution in [0.5, 0.6) is 0 Å². The highest BCUT2D eigenvalue weighted by Gasteiger charge is 2.12. The number of hydrogen-bond donors (Lipinski definition) is 2. The summed E-state index contributed by atoms with van der Waals surface area (Å²) < 4.78 is 5.51. The van der Waals surface area contributed by atoms with E-state index in [2.05, 4.69) is 22.4 Å². The minimum absolute atomic E-state index is 0.349. The van der Waals surface area contributed by atoms with Crippen LogP contribution < -0.4 is 11.1 Å². The van der Waals surface area contributed by atoms with E-state index in [1.807, 2.05) is 13.8 Å². The van der Waals surface area contributed by atoms with Crippen molar-refractivity contribution in [2.45, 2.75) is 40.0 Å². The van der Waals surface area contributed by atoms with Crippen LogP contribution in [0.15, 0.2) is 0 Å². The second-order valence-corrected chi connectivity index (χ2v) is 5.18. The normalized spacial score (nSPS) is 10.6. The third-order valence-corrected chi connectivity index (χ3v) is 3.31.